The lowest BCUT2D eigenvalue weighted by molar-refractivity contribution is -0.118. The van der Waals surface area contributed by atoms with Crippen LogP contribution in [-0.4, -0.2) is 38.9 Å². The topological polar surface area (TPSA) is 87.0 Å². The molecule has 2 aromatic carbocycles. The second-order valence-electron chi connectivity index (χ2n) is 6.72. The highest BCUT2D eigenvalue weighted by Crippen LogP contribution is 2.23. The third-order valence-corrected chi connectivity index (χ3v) is 7.50. The third-order valence-electron chi connectivity index (χ3n) is 4.64. The van der Waals surface area contributed by atoms with Crippen LogP contribution in [-0.2, 0) is 21.2 Å². The molecule has 0 unspecified atom stereocenters. The number of nitrogens with zero attached hydrogens (tertiary/aromatic N) is 2. The van der Waals surface area contributed by atoms with Crippen LogP contribution < -0.4 is 14.3 Å². The number of thiazole rings is 1. The summed E-state index contributed by atoms with van der Waals surface area (Å²) in [6.07, 6.45) is 1.97. The van der Waals surface area contributed by atoms with Crippen molar-refractivity contribution >= 4 is 37.3 Å². The standard InChI is InChI=1S/C22H24N2O5S2/c1-4-13-24-19-12-9-17(29-3)15-20(19)30-22(24)23-21(25)6-5-14-31(26,27)18-10-7-16(28-2)8-11-18/h4,7-12,15H,1,5-6,13-14H2,2-3H3. The number of methoxy groups -OCH3 is 2. The van der Waals surface area contributed by atoms with Gasteiger partial charge in [-0.05, 0) is 48.9 Å². The van der Waals surface area contributed by atoms with E-state index in [2.05, 4.69) is 11.6 Å². The second kappa shape index (κ2) is 9.93. The lowest BCUT2D eigenvalue weighted by Gasteiger charge is -2.05. The fourth-order valence-electron chi connectivity index (χ4n) is 3.05. The van der Waals surface area contributed by atoms with Crippen molar-refractivity contribution in [2.24, 2.45) is 4.99 Å². The molecule has 31 heavy (non-hydrogen) atoms. The smallest absolute Gasteiger partial charge is 0.248 e. The molecule has 0 spiro atoms. The zero-order valence-corrected chi connectivity index (χ0v) is 19.0. The van der Waals surface area contributed by atoms with Gasteiger partial charge in [0.25, 0.3) is 0 Å². The van der Waals surface area contributed by atoms with Crippen molar-refractivity contribution in [3.05, 3.63) is 59.9 Å². The van der Waals surface area contributed by atoms with E-state index in [0.717, 1.165) is 16.0 Å². The molecule has 0 bridgehead atoms. The van der Waals surface area contributed by atoms with Gasteiger partial charge in [-0.3, -0.25) is 4.79 Å². The predicted octanol–water partition coefficient (Wildman–Crippen LogP) is 3.59. The highest BCUT2D eigenvalue weighted by molar-refractivity contribution is 7.91. The van der Waals surface area contributed by atoms with Gasteiger partial charge in [-0.1, -0.05) is 17.4 Å². The van der Waals surface area contributed by atoms with Crippen LogP contribution in [0, 0.1) is 0 Å². The van der Waals surface area contributed by atoms with Crippen LogP contribution >= 0.6 is 11.3 Å². The van der Waals surface area contributed by atoms with Crippen LogP contribution in [0.5, 0.6) is 11.5 Å². The number of sulfone groups is 1. The Morgan fingerprint density at radius 1 is 1.13 bits per heavy atom. The maximum Gasteiger partial charge on any atom is 0.248 e. The maximum atomic E-state index is 12.5. The number of rotatable bonds is 9. The lowest BCUT2D eigenvalue weighted by Crippen LogP contribution is -2.16. The number of hydrogen-bond acceptors (Lipinski definition) is 6. The third kappa shape index (κ3) is 5.42. The van der Waals surface area contributed by atoms with Gasteiger partial charge >= 0.3 is 0 Å². The molecule has 3 aromatic rings. The van der Waals surface area contributed by atoms with Gasteiger partial charge in [0.1, 0.15) is 11.5 Å². The number of benzene rings is 2. The van der Waals surface area contributed by atoms with E-state index < -0.39 is 9.84 Å². The predicted molar refractivity (Wildman–Crippen MR) is 121 cm³/mol. The van der Waals surface area contributed by atoms with E-state index >= 15 is 0 Å². The molecule has 0 atom stereocenters. The molecule has 0 aliphatic carbocycles. The first kappa shape index (κ1) is 22.8. The van der Waals surface area contributed by atoms with Crippen LogP contribution in [0.1, 0.15) is 12.8 Å². The quantitative estimate of drug-likeness (QED) is 0.456. The SMILES string of the molecule is C=CCn1c(=NC(=O)CCCS(=O)(=O)c2ccc(OC)cc2)sc2cc(OC)ccc21. The minimum absolute atomic E-state index is 0.0427. The highest BCUT2D eigenvalue weighted by Gasteiger charge is 2.15. The van der Waals surface area contributed by atoms with E-state index in [1.165, 1.54) is 30.6 Å². The van der Waals surface area contributed by atoms with Crippen LogP contribution in [0.4, 0.5) is 0 Å². The van der Waals surface area contributed by atoms with Gasteiger partial charge in [-0.25, -0.2) is 8.42 Å². The summed E-state index contributed by atoms with van der Waals surface area (Å²) in [5.74, 6) is 0.820. The molecule has 0 radical (unpaired) electrons. The van der Waals surface area contributed by atoms with Crippen molar-refractivity contribution in [2.75, 3.05) is 20.0 Å². The molecule has 9 heteroatoms. The summed E-state index contributed by atoms with van der Waals surface area (Å²) in [4.78, 5) is 17.4. The first-order valence-corrected chi connectivity index (χ1v) is 12.1. The van der Waals surface area contributed by atoms with Crippen molar-refractivity contribution in [3.63, 3.8) is 0 Å². The van der Waals surface area contributed by atoms with Gasteiger partial charge in [-0.15, -0.1) is 6.58 Å². The number of aromatic nitrogens is 1. The Balaban J connectivity index is 1.74. The molecule has 0 N–H and O–H groups in total. The Morgan fingerprint density at radius 2 is 1.81 bits per heavy atom. The van der Waals surface area contributed by atoms with E-state index in [1.54, 1.807) is 25.3 Å². The number of amides is 1. The Morgan fingerprint density at radius 3 is 2.45 bits per heavy atom. The molecule has 0 saturated heterocycles. The highest BCUT2D eigenvalue weighted by atomic mass is 32.2. The van der Waals surface area contributed by atoms with E-state index in [0.29, 0.717) is 17.1 Å². The molecule has 7 nitrogen and oxygen atoms in total. The summed E-state index contributed by atoms with van der Waals surface area (Å²) in [6.45, 7) is 4.27. The summed E-state index contributed by atoms with van der Waals surface area (Å²) in [6, 6.07) is 11.9. The zero-order chi connectivity index (χ0) is 22.4. The monoisotopic (exact) mass is 460 g/mol. The molecule has 1 aromatic heterocycles. The zero-order valence-electron chi connectivity index (χ0n) is 17.4. The number of allylic oxidation sites excluding steroid dienone is 1. The largest absolute Gasteiger partial charge is 0.497 e. The van der Waals surface area contributed by atoms with Crippen LogP contribution in [0.3, 0.4) is 0 Å². The van der Waals surface area contributed by atoms with Crippen molar-refractivity contribution in [1.29, 1.82) is 0 Å². The van der Waals surface area contributed by atoms with Crippen LogP contribution in [0.15, 0.2) is 65.0 Å². The summed E-state index contributed by atoms with van der Waals surface area (Å²) >= 11 is 1.38. The second-order valence-corrected chi connectivity index (χ2v) is 9.84. The number of carbonyl (C=O) groups excluding carboxylic acids is 1. The molecular weight excluding hydrogens is 436 g/mol. The summed E-state index contributed by atoms with van der Waals surface area (Å²) in [5.41, 5.74) is 0.930. The molecule has 0 fully saturated rings. The Kier molecular flexibility index (Phi) is 7.29. The van der Waals surface area contributed by atoms with Crippen molar-refractivity contribution < 1.29 is 22.7 Å². The Hall–Kier alpha value is -2.91. The van der Waals surface area contributed by atoms with Gasteiger partial charge < -0.3 is 14.0 Å². The van der Waals surface area contributed by atoms with Crippen molar-refractivity contribution in [3.8, 4) is 11.5 Å². The molecule has 164 valence electrons. The number of fused-ring (bicyclic) bond motifs is 1. The molecule has 0 saturated carbocycles. The van der Waals surface area contributed by atoms with Gasteiger partial charge in [0.2, 0.25) is 5.91 Å². The van der Waals surface area contributed by atoms with Gasteiger partial charge in [0.05, 0.1) is 35.1 Å². The van der Waals surface area contributed by atoms with Crippen LogP contribution in [0.25, 0.3) is 10.2 Å². The van der Waals surface area contributed by atoms with E-state index in [-0.39, 0.29) is 29.4 Å². The van der Waals surface area contributed by atoms with Gasteiger partial charge in [-0.2, -0.15) is 4.99 Å². The van der Waals surface area contributed by atoms with E-state index in [9.17, 15) is 13.2 Å². The molecular formula is C22H24N2O5S2. The Labute approximate surface area is 185 Å². The Bertz CT molecular complexity index is 1260. The lowest BCUT2D eigenvalue weighted by atomic mass is 10.3. The van der Waals surface area contributed by atoms with Gasteiger partial charge in [0.15, 0.2) is 14.6 Å². The molecule has 3 rings (SSSR count). The average molecular weight is 461 g/mol. The average Bonchev–Trinajstić information content (AvgIpc) is 3.09. The number of ether oxygens (including phenoxy) is 2. The summed E-state index contributed by atoms with van der Waals surface area (Å²) < 4.78 is 38.1. The molecule has 0 aliphatic rings. The van der Waals surface area contributed by atoms with E-state index in [1.807, 2.05) is 22.8 Å². The number of hydrogen-bond donors (Lipinski definition) is 0. The fraction of sp³-hybridized carbons (Fsp3) is 0.273. The summed E-state index contributed by atoms with van der Waals surface area (Å²) in [7, 11) is -0.361. The number of carbonyl (C=O) groups is 1. The fourth-order valence-corrected chi connectivity index (χ4v) is 5.44. The maximum absolute atomic E-state index is 12.5. The minimum atomic E-state index is -3.48. The van der Waals surface area contributed by atoms with Gasteiger partial charge in [0, 0.05) is 13.0 Å². The van der Waals surface area contributed by atoms with E-state index in [4.69, 9.17) is 9.47 Å². The first-order chi connectivity index (χ1) is 14.9. The van der Waals surface area contributed by atoms with Crippen molar-refractivity contribution in [1.82, 2.24) is 4.57 Å². The summed E-state index contributed by atoms with van der Waals surface area (Å²) in [5, 5.41) is 0. The molecule has 1 heterocycles. The molecule has 0 aliphatic heterocycles. The first-order valence-electron chi connectivity index (χ1n) is 9.60. The van der Waals surface area contributed by atoms with Crippen LogP contribution in [0.2, 0.25) is 0 Å². The molecule has 1 amide bonds. The normalized spacial score (nSPS) is 12.1. The van der Waals surface area contributed by atoms with Crippen molar-refractivity contribution in [2.45, 2.75) is 24.3 Å². The minimum Gasteiger partial charge on any atom is -0.497 e.